The normalized spacial score (nSPS) is 14.2. The maximum atomic E-state index is 12.8. The highest BCUT2D eigenvalue weighted by atomic mass is 35.5. The van der Waals surface area contributed by atoms with E-state index in [1.807, 2.05) is 42.5 Å². The first-order valence-corrected chi connectivity index (χ1v) is 9.07. The molecule has 1 saturated heterocycles. The van der Waals surface area contributed by atoms with Crippen molar-refractivity contribution >= 4 is 35.5 Å². The fraction of sp³-hybridized carbons (Fsp3) is 0.286. The number of benzene rings is 2. The van der Waals surface area contributed by atoms with Crippen molar-refractivity contribution in [3.05, 3.63) is 64.7 Å². The Morgan fingerprint density at radius 3 is 2.21 bits per heavy atom. The first-order chi connectivity index (χ1) is 13.1. The molecule has 1 fully saturated rings. The van der Waals surface area contributed by atoms with E-state index in [0.29, 0.717) is 42.8 Å². The van der Waals surface area contributed by atoms with Gasteiger partial charge in [-0.05, 0) is 41.0 Å². The Kier molecular flexibility index (Phi) is 8.18. The summed E-state index contributed by atoms with van der Waals surface area (Å²) in [4.78, 5) is 14.6. The van der Waals surface area contributed by atoms with Crippen molar-refractivity contribution in [2.75, 3.05) is 40.5 Å². The third-order valence-corrected chi connectivity index (χ3v) is 4.69. The molecule has 0 bridgehead atoms. The molecule has 0 unspecified atom stereocenters. The van der Waals surface area contributed by atoms with Gasteiger partial charge in [-0.15, -0.1) is 12.4 Å². The maximum absolute atomic E-state index is 12.8. The fourth-order valence-electron chi connectivity index (χ4n) is 2.97. The number of carbonyl (C=O) groups excluding carboxylic acids is 1. The molecule has 0 aromatic heterocycles. The Balaban J connectivity index is 0.00000280. The molecule has 0 aliphatic carbocycles. The van der Waals surface area contributed by atoms with Gasteiger partial charge in [0, 0.05) is 24.2 Å². The van der Waals surface area contributed by atoms with Crippen LogP contribution in [0.5, 0.6) is 11.5 Å². The summed E-state index contributed by atoms with van der Waals surface area (Å²) in [7, 11) is 3.18. The van der Waals surface area contributed by atoms with E-state index >= 15 is 0 Å². The number of hydrogen-bond donors (Lipinski definition) is 0. The number of methoxy groups -OCH3 is 2. The second-order valence-electron chi connectivity index (χ2n) is 6.07. The number of carbonyl (C=O) groups is 1. The molecular weight excluding hydrogens is 401 g/mol. The number of ether oxygens (including phenoxy) is 3. The van der Waals surface area contributed by atoms with E-state index in [0.717, 1.165) is 16.7 Å². The van der Waals surface area contributed by atoms with E-state index in [2.05, 4.69) is 0 Å². The summed E-state index contributed by atoms with van der Waals surface area (Å²) in [6.07, 6.45) is 1.66. The lowest BCUT2D eigenvalue weighted by Crippen LogP contribution is -2.39. The second-order valence-corrected chi connectivity index (χ2v) is 6.51. The topological polar surface area (TPSA) is 48.0 Å². The number of hydrogen-bond acceptors (Lipinski definition) is 4. The molecule has 2 aromatic rings. The van der Waals surface area contributed by atoms with Crippen LogP contribution in [-0.4, -0.2) is 51.3 Å². The molecule has 0 saturated carbocycles. The maximum Gasteiger partial charge on any atom is 0.247 e. The third-order valence-electron chi connectivity index (χ3n) is 4.44. The molecule has 150 valence electrons. The molecule has 0 atom stereocenters. The van der Waals surface area contributed by atoms with E-state index < -0.39 is 0 Å². The van der Waals surface area contributed by atoms with Gasteiger partial charge in [0.2, 0.25) is 5.91 Å². The summed E-state index contributed by atoms with van der Waals surface area (Å²) in [6, 6.07) is 13.0. The number of halogens is 2. The van der Waals surface area contributed by atoms with Crippen LogP contribution in [0.3, 0.4) is 0 Å². The minimum atomic E-state index is -0.0435. The molecule has 28 heavy (non-hydrogen) atoms. The standard InChI is InChI=1S/C21H22ClNO4.ClH/c1-25-19-8-5-16(13-20(19)26-2)18(15-3-6-17(22)7-4-15)14-21(24)23-9-11-27-12-10-23;/h3-8,13-14H,9-12H2,1-2H3;1H/b18-14+;. The van der Waals surface area contributed by atoms with E-state index in [1.165, 1.54) is 0 Å². The quantitative estimate of drug-likeness (QED) is 0.679. The molecule has 2 aromatic carbocycles. The molecule has 7 heteroatoms. The van der Waals surface area contributed by atoms with E-state index in [9.17, 15) is 4.79 Å². The molecule has 0 spiro atoms. The predicted octanol–water partition coefficient (Wildman–Crippen LogP) is 4.07. The molecule has 1 heterocycles. The largest absolute Gasteiger partial charge is 0.493 e. The van der Waals surface area contributed by atoms with Crippen molar-refractivity contribution in [2.45, 2.75) is 0 Å². The lowest BCUT2D eigenvalue weighted by atomic mass is 9.96. The van der Waals surface area contributed by atoms with Crippen LogP contribution in [0.25, 0.3) is 5.57 Å². The van der Waals surface area contributed by atoms with Gasteiger partial charge in [0.25, 0.3) is 0 Å². The van der Waals surface area contributed by atoms with Gasteiger partial charge in [-0.2, -0.15) is 0 Å². The predicted molar refractivity (Wildman–Crippen MR) is 113 cm³/mol. The van der Waals surface area contributed by atoms with Gasteiger partial charge >= 0.3 is 0 Å². The SMILES string of the molecule is COc1ccc(/C(=C/C(=O)N2CCOCC2)c2ccc(Cl)cc2)cc1OC.Cl. The lowest BCUT2D eigenvalue weighted by molar-refractivity contribution is -0.129. The average molecular weight is 424 g/mol. The minimum Gasteiger partial charge on any atom is -0.493 e. The van der Waals surface area contributed by atoms with Crippen LogP contribution in [-0.2, 0) is 9.53 Å². The van der Waals surface area contributed by atoms with Crippen molar-refractivity contribution in [1.82, 2.24) is 4.90 Å². The van der Waals surface area contributed by atoms with Gasteiger partial charge in [0.1, 0.15) is 0 Å². The van der Waals surface area contributed by atoms with Gasteiger partial charge in [0.15, 0.2) is 11.5 Å². The summed E-state index contributed by atoms with van der Waals surface area (Å²) >= 11 is 6.03. The first kappa shape index (κ1) is 22.1. The zero-order valence-electron chi connectivity index (χ0n) is 15.8. The Hall–Kier alpha value is -2.21. The Labute approximate surface area is 176 Å². The van der Waals surface area contributed by atoms with Crippen LogP contribution in [0.1, 0.15) is 11.1 Å². The lowest BCUT2D eigenvalue weighted by Gasteiger charge is -2.26. The fourth-order valence-corrected chi connectivity index (χ4v) is 3.09. The Bertz CT molecular complexity index is 831. The average Bonchev–Trinajstić information content (AvgIpc) is 2.72. The van der Waals surface area contributed by atoms with E-state index in [4.69, 9.17) is 25.8 Å². The number of nitrogens with zero attached hydrogens (tertiary/aromatic N) is 1. The van der Waals surface area contributed by atoms with Gasteiger partial charge in [-0.25, -0.2) is 0 Å². The van der Waals surface area contributed by atoms with Crippen LogP contribution in [0.4, 0.5) is 0 Å². The van der Waals surface area contributed by atoms with Crippen LogP contribution < -0.4 is 9.47 Å². The van der Waals surface area contributed by atoms with E-state index in [1.54, 1.807) is 25.2 Å². The van der Waals surface area contributed by atoms with Gasteiger partial charge < -0.3 is 19.1 Å². The van der Waals surface area contributed by atoms with Crippen LogP contribution in [0, 0.1) is 0 Å². The highest BCUT2D eigenvalue weighted by molar-refractivity contribution is 6.30. The minimum absolute atomic E-state index is 0. The third kappa shape index (κ3) is 5.19. The van der Waals surface area contributed by atoms with Gasteiger partial charge in [0.05, 0.1) is 27.4 Å². The molecule has 1 aliphatic heterocycles. The molecule has 0 N–H and O–H groups in total. The number of rotatable bonds is 5. The molecule has 1 amide bonds. The molecule has 3 rings (SSSR count). The first-order valence-electron chi connectivity index (χ1n) is 8.69. The summed E-state index contributed by atoms with van der Waals surface area (Å²) in [6.45, 7) is 2.31. The van der Waals surface area contributed by atoms with Crippen LogP contribution >= 0.6 is 24.0 Å². The smallest absolute Gasteiger partial charge is 0.247 e. The number of amides is 1. The molecule has 5 nitrogen and oxygen atoms in total. The van der Waals surface area contributed by atoms with Crippen molar-refractivity contribution in [1.29, 1.82) is 0 Å². The summed E-state index contributed by atoms with van der Waals surface area (Å²) < 4.78 is 16.1. The highest BCUT2D eigenvalue weighted by Gasteiger charge is 2.17. The zero-order valence-corrected chi connectivity index (χ0v) is 17.4. The van der Waals surface area contributed by atoms with E-state index in [-0.39, 0.29) is 18.3 Å². The summed E-state index contributed by atoms with van der Waals surface area (Å²) in [5.74, 6) is 1.20. The van der Waals surface area contributed by atoms with Crippen LogP contribution in [0.2, 0.25) is 5.02 Å². The van der Waals surface area contributed by atoms with Gasteiger partial charge in [-0.1, -0.05) is 29.8 Å². The molecule has 1 aliphatic rings. The monoisotopic (exact) mass is 423 g/mol. The molecular formula is C21H23Cl2NO4. The van der Waals surface area contributed by atoms with Gasteiger partial charge in [-0.3, -0.25) is 4.79 Å². The Morgan fingerprint density at radius 1 is 1.00 bits per heavy atom. The molecule has 0 radical (unpaired) electrons. The van der Waals surface area contributed by atoms with Crippen LogP contribution in [0.15, 0.2) is 48.5 Å². The van der Waals surface area contributed by atoms with Crippen molar-refractivity contribution < 1.29 is 19.0 Å². The zero-order chi connectivity index (χ0) is 19.2. The van der Waals surface area contributed by atoms with Crippen molar-refractivity contribution in [2.24, 2.45) is 0 Å². The van der Waals surface area contributed by atoms with Crippen molar-refractivity contribution in [3.8, 4) is 11.5 Å². The second kappa shape index (κ2) is 10.4. The van der Waals surface area contributed by atoms with Crippen molar-refractivity contribution in [3.63, 3.8) is 0 Å². The summed E-state index contributed by atoms with van der Waals surface area (Å²) in [5, 5.41) is 0.643. The Morgan fingerprint density at radius 2 is 1.61 bits per heavy atom. The highest BCUT2D eigenvalue weighted by Crippen LogP contribution is 2.33. The summed E-state index contributed by atoms with van der Waals surface area (Å²) in [5.41, 5.74) is 2.55. The number of morpholine rings is 1.